The second kappa shape index (κ2) is 5.70. The van der Waals surface area contributed by atoms with E-state index in [4.69, 9.17) is 15.2 Å². The summed E-state index contributed by atoms with van der Waals surface area (Å²) >= 11 is 6.25. The molecule has 0 saturated carbocycles. The summed E-state index contributed by atoms with van der Waals surface area (Å²) in [5, 5.41) is 0. The first-order valence-corrected chi connectivity index (χ1v) is 6.58. The SMILES string of the molecule is COc1nc(Oc2cc(F)c(Br)cc2N)ncc1Br. The van der Waals surface area contributed by atoms with Gasteiger partial charge in [-0.3, -0.25) is 0 Å². The number of nitrogens with zero attached hydrogens (tertiary/aromatic N) is 2. The number of aromatic nitrogens is 2. The van der Waals surface area contributed by atoms with Crippen molar-refractivity contribution in [3.8, 4) is 17.6 Å². The Kier molecular flexibility index (Phi) is 4.20. The van der Waals surface area contributed by atoms with Crippen molar-refractivity contribution in [1.82, 2.24) is 9.97 Å². The first-order chi connectivity index (χ1) is 9.01. The molecule has 1 aromatic heterocycles. The molecule has 0 bridgehead atoms. The number of nitrogen functional groups attached to an aromatic ring is 1. The van der Waals surface area contributed by atoms with Crippen LogP contribution in [0.1, 0.15) is 0 Å². The second-order valence-electron chi connectivity index (χ2n) is 3.42. The zero-order valence-electron chi connectivity index (χ0n) is 9.65. The number of ether oxygens (including phenoxy) is 2. The van der Waals surface area contributed by atoms with Crippen LogP contribution in [0.3, 0.4) is 0 Å². The molecule has 0 amide bonds. The van der Waals surface area contributed by atoms with Crippen molar-refractivity contribution >= 4 is 37.5 Å². The number of rotatable bonds is 3. The van der Waals surface area contributed by atoms with E-state index in [0.29, 0.717) is 10.4 Å². The molecule has 1 aromatic carbocycles. The number of hydrogen-bond donors (Lipinski definition) is 1. The highest BCUT2D eigenvalue weighted by molar-refractivity contribution is 9.10. The zero-order chi connectivity index (χ0) is 14.0. The predicted molar refractivity (Wildman–Crippen MR) is 74.9 cm³/mol. The van der Waals surface area contributed by atoms with Gasteiger partial charge in [0.25, 0.3) is 0 Å². The number of halogens is 3. The maximum absolute atomic E-state index is 13.4. The Morgan fingerprint density at radius 1 is 1.26 bits per heavy atom. The van der Waals surface area contributed by atoms with Gasteiger partial charge in [0.15, 0.2) is 5.75 Å². The average Bonchev–Trinajstić information content (AvgIpc) is 2.38. The van der Waals surface area contributed by atoms with E-state index in [9.17, 15) is 4.39 Å². The topological polar surface area (TPSA) is 70.3 Å². The van der Waals surface area contributed by atoms with E-state index in [1.54, 1.807) is 0 Å². The highest BCUT2D eigenvalue weighted by Crippen LogP contribution is 2.32. The maximum Gasteiger partial charge on any atom is 0.325 e. The molecule has 0 atom stereocenters. The molecule has 1 heterocycles. The molecule has 0 spiro atoms. The van der Waals surface area contributed by atoms with Gasteiger partial charge in [0, 0.05) is 6.07 Å². The van der Waals surface area contributed by atoms with Crippen LogP contribution in [0.4, 0.5) is 10.1 Å². The van der Waals surface area contributed by atoms with Crippen LogP contribution in [0.2, 0.25) is 0 Å². The molecule has 0 aliphatic rings. The number of benzene rings is 1. The summed E-state index contributed by atoms with van der Waals surface area (Å²) in [6.07, 6.45) is 1.46. The number of methoxy groups -OCH3 is 1. The van der Waals surface area contributed by atoms with Crippen LogP contribution in [0.15, 0.2) is 27.3 Å². The van der Waals surface area contributed by atoms with Crippen LogP contribution in [0.25, 0.3) is 0 Å². The molecule has 2 rings (SSSR count). The van der Waals surface area contributed by atoms with Crippen LogP contribution in [-0.4, -0.2) is 17.1 Å². The van der Waals surface area contributed by atoms with E-state index < -0.39 is 5.82 Å². The molecule has 8 heteroatoms. The fraction of sp³-hybridized carbons (Fsp3) is 0.0909. The van der Waals surface area contributed by atoms with Crippen LogP contribution >= 0.6 is 31.9 Å². The summed E-state index contributed by atoms with van der Waals surface area (Å²) in [4.78, 5) is 7.91. The molecule has 0 aliphatic carbocycles. The maximum atomic E-state index is 13.4. The molecule has 0 unspecified atom stereocenters. The Labute approximate surface area is 125 Å². The third-order valence-corrected chi connectivity index (χ3v) is 3.29. The average molecular weight is 393 g/mol. The van der Waals surface area contributed by atoms with E-state index in [-0.39, 0.29) is 21.9 Å². The molecule has 0 radical (unpaired) electrons. The Bertz CT molecular complexity index is 625. The van der Waals surface area contributed by atoms with E-state index in [0.717, 1.165) is 6.07 Å². The van der Waals surface area contributed by atoms with E-state index >= 15 is 0 Å². The first-order valence-electron chi connectivity index (χ1n) is 5.00. The normalized spacial score (nSPS) is 10.3. The van der Waals surface area contributed by atoms with Crippen molar-refractivity contribution in [2.24, 2.45) is 0 Å². The highest BCUT2D eigenvalue weighted by Gasteiger charge is 2.11. The molecule has 5 nitrogen and oxygen atoms in total. The number of nitrogens with two attached hydrogens (primary N) is 1. The second-order valence-corrected chi connectivity index (χ2v) is 5.12. The Morgan fingerprint density at radius 2 is 2.00 bits per heavy atom. The molecule has 0 fully saturated rings. The lowest BCUT2D eigenvalue weighted by molar-refractivity contribution is 0.373. The molecular weight excluding hydrogens is 385 g/mol. The van der Waals surface area contributed by atoms with E-state index in [1.807, 2.05) is 0 Å². The molecule has 0 saturated heterocycles. The summed E-state index contributed by atoms with van der Waals surface area (Å²) < 4.78 is 24.6. The first kappa shape index (κ1) is 14.0. The van der Waals surface area contributed by atoms with Gasteiger partial charge in [0.2, 0.25) is 5.88 Å². The zero-order valence-corrected chi connectivity index (χ0v) is 12.8. The smallest absolute Gasteiger partial charge is 0.325 e. The molecule has 19 heavy (non-hydrogen) atoms. The van der Waals surface area contributed by atoms with Gasteiger partial charge in [-0.2, -0.15) is 4.98 Å². The monoisotopic (exact) mass is 391 g/mol. The van der Waals surface area contributed by atoms with Crippen molar-refractivity contribution in [2.75, 3.05) is 12.8 Å². The summed E-state index contributed by atoms with van der Waals surface area (Å²) in [5.41, 5.74) is 5.98. The van der Waals surface area contributed by atoms with Crippen molar-refractivity contribution in [1.29, 1.82) is 0 Å². The van der Waals surface area contributed by atoms with E-state index in [1.165, 1.54) is 19.4 Å². The number of anilines is 1. The Balaban J connectivity index is 2.33. The van der Waals surface area contributed by atoms with Crippen LogP contribution in [0, 0.1) is 5.82 Å². The van der Waals surface area contributed by atoms with Crippen molar-refractivity contribution < 1.29 is 13.9 Å². The van der Waals surface area contributed by atoms with Gasteiger partial charge < -0.3 is 15.2 Å². The standard InChI is InChI=1S/C11H8Br2FN3O2/c1-18-10-6(13)4-16-11(17-10)19-9-3-7(14)5(12)2-8(9)15/h2-4H,15H2,1H3. The summed E-state index contributed by atoms with van der Waals surface area (Å²) in [5.74, 6) is -0.0560. The van der Waals surface area contributed by atoms with Gasteiger partial charge in [-0.1, -0.05) is 0 Å². The molecule has 2 N–H and O–H groups in total. The Morgan fingerprint density at radius 3 is 2.68 bits per heavy atom. The summed E-state index contributed by atoms with van der Waals surface area (Å²) in [6, 6.07) is 2.56. The van der Waals surface area contributed by atoms with Gasteiger partial charge >= 0.3 is 6.01 Å². The highest BCUT2D eigenvalue weighted by atomic mass is 79.9. The largest absolute Gasteiger partial charge is 0.480 e. The molecule has 100 valence electrons. The lowest BCUT2D eigenvalue weighted by Crippen LogP contribution is -1.99. The molecular formula is C11H8Br2FN3O2. The summed E-state index contributed by atoms with van der Waals surface area (Å²) in [7, 11) is 1.46. The Hall–Kier alpha value is -1.41. The predicted octanol–water partition coefficient (Wildman–Crippen LogP) is 3.52. The van der Waals surface area contributed by atoms with Crippen LogP contribution in [0.5, 0.6) is 17.6 Å². The molecule has 0 aliphatic heterocycles. The van der Waals surface area contributed by atoms with Gasteiger partial charge in [0.1, 0.15) is 5.82 Å². The quantitative estimate of drug-likeness (QED) is 0.809. The minimum Gasteiger partial charge on any atom is -0.480 e. The third-order valence-electron chi connectivity index (χ3n) is 2.14. The fourth-order valence-electron chi connectivity index (χ4n) is 1.26. The van der Waals surface area contributed by atoms with Crippen LogP contribution in [-0.2, 0) is 0 Å². The third kappa shape index (κ3) is 3.13. The fourth-order valence-corrected chi connectivity index (χ4v) is 1.97. The lowest BCUT2D eigenvalue weighted by atomic mass is 10.3. The van der Waals surface area contributed by atoms with Gasteiger partial charge in [-0.15, -0.1) is 0 Å². The lowest BCUT2D eigenvalue weighted by Gasteiger charge is -2.09. The van der Waals surface area contributed by atoms with Crippen molar-refractivity contribution in [3.05, 3.63) is 33.1 Å². The van der Waals surface area contributed by atoms with E-state index in [2.05, 4.69) is 41.8 Å². The van der Waals surface area contributed by atoms with Crippen molar-refractivity contribution in [3.63, 3.8) is 0 Å². The molecule has 2 aromatic rings. The summed E-state index contributed by atoms with van der Waals surface area (Å²) in [6.45, 7) is 0. The minimum absolute atomic E-state index is 0.00784. The number of hydrogen-bond acceptors (Lipinski definition) is 5. The van der Waals surface area contributed by atoms with Crippen LogP contribution < -0.4 is 15.2 Å². The van der Waals surface area contributed by atoms with Gasteiger partial charge in [0.05, 0.1) is 27.9 Å². The van der Waals surface area contributed by atoms with Crippen molar-refractivity contribution in [2.45, 2.75) is 0 Å². The minimum atomic E-state index is -0.492. The van der Waals surface area contributed by atoms with Gasteiger partial charge in [-0.05, 0) is 37.9 Å². The van der Waals surface area contributed by atoms with Gasteiger partial charge in [-0.25, -0.2) is 9.37 Å².